The lowest BCUT2D eigenvalue weighted by atomic mass is 10.2. The number of halogens is 1. The third kappa shape index (κ3) is 3.97. The highest BCUT2D eigenvalue weighted by atomic mass is 35.5. The van der Waals surface area contributed by atoms with E-state index in [4.69, 9.17) is 11.6 Å². The number of hydrogen-bond donors (Lipinski definition) is 0. The summed E-state index contributed by atoms with van der Waals surface area (Å²) >= 11 is 5.70. The van der Waals surface area contributed by atoms with Gasteiger partial charge in [0.15, 0.2) is 0 Å². The zero-order valence-corrected chi connectivity index (χ0v) is 12.6. The van der Waals surface area contributed by atoms with Crippen molar-refractivity contribution in [2.24, 2.45) is 0 Å². The van der Waals surface area contributed by atoms with Crippen LogP contribution in [0.5, 0.6) is 0 Å². The fourth-order valence-electron chi connectivity index (χ4n) is 1.90. The molecule has 0 spiro atoms. The van der Waals surface area contributed by atoms with Crippen molar-refractivity contribution >= 4 is 21.6 Å². The van der Waals surface area contributed by atoms with Crippen molar-refractivity contribution in [2.45, 2.75) is 38.4 Å². The summed E-state index contributed by atoms with van der Waals surface area (Å²) in [6.07, 6.45) is 0. The van der Waals surface area contributed by atoms with Gasteiger partial charge in [0.25, 0.3) is 0 Å². The molecule has 0 aliphatic carbocycles. The van der Waals surface area contributed by atoms with Crippen LogP contribution < -0.4 is 0 Å². The highest BCUT2D eigenvalue weighted by Crippen LogP contribution is 2.15. The predicted molar refractivity (Wildman–Crippen MR) is 76.1 cm³/mol. The molecule has 102 valence electrons. The molecule has 0 atom stereocenters. The number of rotatable bonds is 6. The molecular formula is C13H20ClNO2S. The van der Waals surface area contributed by atoms with Gasteiger partial charge in [-0.05, 0) is 25.0 Å². The predicted octanol–water partition coefficient (Wildman–Crippen LogP) is 2.99. The Morgan fingerprint density at radius 3 is 2.06 bits per heavy atom. The van der Waals surface area contributed by atoms with Crippen molar-refractivity contribution in [2.75, 3.05) is 6.54 Å². The van der Waals surface area contributed by atoms with Gasteiger partial charge in [-0.2, -0.15) is 4.31 Å². The van der Waals surface area contributed by atoms with Gasteiger partial charge in [0.2, 0.25) is 10.0 Å². The molecule has 1 aromatic carbocycles. The average Bonchev–Trinajstić information content (AvgIpc) is 2.29. The normalized spacial score (nSPS) is 12.3. The van der Waals surface area contributed by atoms with E-state index in [2.05, 4.69) is 0 Å². The standard InChI is InChI=1S/C13H20ClNO2S/c1-4-15(11(2)3)18(16,17)10-13-7-5-12(9-14)6-8-13/h5-8,11H,4,9-10H2,1-3H3. The molecular weight excluding hydrogens is 270 g/mol. The molecule has 1 rings (SSSR count). The van der Waals surface area contributed by atoms with E-state index in [0.29, 0.717) is 12.4 Å². The van der Waals surface area contributed by atoms with Crippen molar-refractivity contribution in [3.05, 3.63) is 35.4 Å². The van der Waals surface area contributed by atoms with Crippen LogP contribution in [0, 0.1) is 0 Å². The second kappa shape index (κ2) is 6.55. The van der Waals surface area contributed by atoms with Gasteiger partial charge in [-0.1, -0.05) is 31.2 Å². The van der Waals surface area contributed by atoms with E-state index in [-0.39, 0.29) is 11.8 Å². The molecule has 0 saturated carbocycles. The number of sulfonamides is 1. The highest BCUT2D eigenvalue weighted by Gasteiger charge is 2.23. The second-order valence-electron chi connectivity index (χ2n) is 4.50. The summed E-state index contributed by atoms with van der Waals surface area (Å²) < 4.78 is 26.0. The van der Waals surface area contributed by atoms with Crippen LogP contribution in [0.25, 0.3) is 0 Å². The van der Waals surface area contributed by atoms with Gasteiger partial charge in [0.05, 0.1) is 5.75 Å². The first-order valence-corrected chi connectivity index (χ1v) is 8.18. The molecule has 0 saturated heterocycles. The highest BCUT2D eigenvalue weighted by molar-refractivity contribution is 7.88. The zero-order valence-electron chi connectivity index (χ0n) is 11.1. The maximum atomic E-state index is 12.2. The minimum Gasteiger partial charge on any atom is -0.212 e. The lowest BCUT2D eigenvalue weighted by Gasteiger charge is -2.24. The van der Waals surface area contributed by atoms with Crippen molar-refractivity contribution in [3.63, 3.8) is 0 Å². The topological polar surface area (TPSA) is 37.4 Å². The first kappa shape index (κ1) is 15.5. The Balaban J connectivity index is 2.87. The van der Waals surface area contributed by atoms with Crippen LogP contribution in [0.2, 0.25) is 0 Å². The smallest absolute Gasteiger partial charge is 0.212 e. The van der Waals surface area contributed by atoms with E-state index >= 15 is 0 Å². The minimum atomic E-state index is -3.24. The fourth-order valence-corrected chi connectivity index (χ4v) is 3.89. The van der Waals surface area contributed by atoms with Gasteiger partial charge >= 0.3 is 0 Å². The Morgan fingerprint density at radius 2 is 1.67 bits per heavy atom. The van der Waals surface area contributed by atoms with Crippen molar-refractivity contribution in [3.8, 4) is 0 Å². The van der Waals surface area contributed by atoms with E-state index in [1.165, 1.54) is 4.31 Å². The Kier molecular flexibility index (Phi) is 5.63. The van der Waals surface area contributed by atoms with Crippen molar-refractivity contribution in [1.82, 2.24) is 4.31 Å². The molecule has 0 radical (unpaired) electrons. The van der Waals surface area contributed by atoms with Crippen LogP contribution in [0.3, 0.4) is 0 Å². The third-order valence-corrected chi connectivity index (χ3v) is 5.17. The van der Waals surface area contributed by atoms with Crippen LogP contribution in [0.4, 0.5) is 0 Å². The Labute approximate surface area is 115 Å². The summed E-state index contributed by atoms with van der Waals surface area (Å²) in [6, 6.07) is 7.36. The number of alkyl halides is 1. The van der Waals surface area contributed by atoms with Gasteiger partial charge in [0.1, 0.15) is 0 Å². The number of nitrogens with zero attached hydrogens (tertiary/aromatic N) is 1. The number of benzene rings is 1. The molecule has 18 heavy (non-hydrogen) atoms. The zero-order chi connectivity index (χ0) is 13.8. The molecule has 0 aliphatic heterocycles. The van der Waals surface area contributed by atoms with Crippen molar-refractivity contribution < 1.29 is 8.42 Å². The summed E-state index contributed by atoms with van der Waals surface area (Å²) in [4.78, 5) is 0. The molecule has 0 N–H and O–H groups in total. The minimum absolute atomic E-state index is 0.0119. The fraction of sp³-hybridized carbons (Fsp3) is 0.538. The molecule has 0 aliphatic rings. The average molecular weight is 290 g/mol. The lowest BCUT2D eigenvalue weighted by molar-refractivity contribution is 0.368. The molecule has 0 heterocycles. The van der Waals surface area contributed by atoms with Crippen molar-refractivity contribution in [1.29, 1.82) is 0 Å². The molecule has 1 aromatic rings. The number of hydrogen-bond acceptors (Lipinski definition) is 2. The summed E-state index contributed by atoms with van der Waals surface area (Å²) in [5.74, 6) is 0.488. The summed E-state index contributed by atoms with van der Waals surface area (Å²) in [7, 11) is -3.24. The maximum Gasteiger partial charge on any atom is 0.218 e. The van der Waals surface area contributed by atoms with Crippen LogP contribution >= 0.6 is 11.6 Å². The third-order valence-electron chi connectivity index (χ3n) is 2.77. The Bertz CT molecular complexity index is 468. The van der Waals surface area contributed by atoms with Crippen LogP contribution in [0.1, 0.15) is 31.9 Å². The molecule has 0 fully saturated rings. The largest absolute Gasteiger partial charge is 0.218 e. The summed E-state index contributed by atoms with van der Waals surface area (Å²) in [5, 5.41) is 0. The second-order valence-corrected chi connectivity index (χ2v) is 6.69. The molecule has 5 heteroatoms. The van der Waals surface area contributed by atoms with Gasteiger partial charge in [-0.15, -0.1) is 11.6 Å². The van der Waals surface area contributed by atoms with Gasteiger partial charge in [-0.3, -0.25) is 0 Å². The molecule has 0 bridgehead atoms. The Morgan fingerprint density at radius 1 is 1.17 bits per heavy atom. The van der Waals surface area contributed by atoms with E-state index < -0.39 is 10.0 Å². The SMILES string of the molecule is CCN(C(C)C)S(=O)(=O)Cc1ccc(CCl)cc1. The first-order valence-electron chi connectivity index (χ1n) is 6.04. The van der Waals surface area contributed by atoms with E-state index in [9.17, 15) is 8.42 Å². The summed E-state index contributed by atoms with van der Waals surface area (Å²) in [5.41, 5.74) is 1.79. The summed E-state index contributed by atoms with van der Waals surface area (Å²) in [6.45, 7) is 6.13. The molecule has 3 nitrogen and oxygen atoms in total. The Hall–Kier alpha value is -0.580. The monoisotopic (exact) mass is 289 g/mol. The quantitative estimate of drug-likeness (QED) is 0.755. The maximum absolute atomic E-state index is 12.2. The first-order chi connectivity index (χ1) is 8.40. The van der Waals surface area contributed by atoms with E-state index in [1.807, 2.05) is 45.0 Å². The van der Waals surface area contributed by atoms with Crippen LogP contribution in [-0.2, 0) is 21.7 Å². The van der Waals surface area contributed by atoms with Gasteiger partial charge in [-0.25, -0.2) is 8.42 Å². The molecule has 0 amide bonds. The lowest BCUT2D eigenvalue weighted by Crippen LogP contribution is -2.37. The van der Waals surface area contributed by atoms with Crippen LogP contribution in [-0.4, -0.2) is 25.3 Å². The van der Waals surface area contributed by atoms with Gasteiger partial charge in [0, 0.05) is 18.5 Å². The molecule has 0 unspecified atom stereocenters. The van der Waals surface area contributed by atoms with E-state index in [1.54, 1.807) is 0 Å². The van der Waals surface area contributed by atoms with E-state index in [0.717, 1.165) is 11.1 Å². The van der Waals surface area contributed by atoms with Crippen LogP contribution in [0.15, 0.2) is 24.3 Å². The molecule has 0 aromatic heterocycles. The van der Waals surface area contributed by atoms with Gasteiger partial charge < -0.3 is 0 Å².